The fraction of sp³-hybridized carbons (Fsp3) is 0.400. The molecule has 0 spiro atoms. The summed E-state index contributed by atoms with van der Waals surface area (Å²) in [6, 6.07) is 4.08. The predicted molar refractivity (Wildman–Crippen MR) is 82.4 cm³/mol. The van der Waals surface area contributed by atoms with Crippen molar-refractivity contribution < 1.29 is 9.53 Å². The van der Waals surface area contributed by atoms with Crippen LogP contribution in [0.2, 0.25) is 0 Å². The van der Waals surface area contributed by atoms with Crippen molar-refractivity contribution in [1.29, 1.82) is 0 Å². The highest BCUT2D eigenvalue weighted by Crippen LogP contribution is 2.24. The minimum atomic E-state index is -0.324. The van der Waals surface area contributed by atoms with Gasteiger partial charge in [-0.1, -0.05) is 0 Å². The minimum absolute atomic E-state index is 0.324. The number of rotatable bonds is 5. The first-order chi connectivity index (χ1) is 10.0. The second kappa shape index (κ2) is 6.76. The molecule has 0 saturated carbocycles. The summed E-state index contributed by atoms with van der Waals surface area (Å²) in [6.07, 6.45) is 1.56. The second-order valence-corrected chi connectivity index (χ2v) is 5.76. The molecule has 21 heavy (non-hydrogen) atoms. The van der Waals surface area contributed by atoms with E-state index in [0.717, 1.165) is 16.4 Å². The van der Waals surface area contributed by atoms with Gasteiger partial charge in [0.2, 0.25) is 0 Å². The van der Waals surface area contributed by atoms with E-state index >= 15 is 0 Å². The Kier molecular flexibility index (Phi) is 5.01. The SMILES string of the molecule is CCOC(=O)c1cnn(C)c1CSc1cc(C)cc(C)n1. The van der Waals surface area contributed by atoms with E-state index in [1.807, 2.05) is 33.0 Å². The van der Waals surface area contributed by atoms with Crippen molar-refractivity contribution in [3.63, 3.8) is 0 Å². The van der Waals surface area contributed by atoms with Crippen molar-refractivity contribution in [3.8, 4) is 0 Å². The summed E-state index contributed by atoms with van der Waals surface area (Å²) in [5.41, 5.74) is 3.55. The van der Waals surface area contributed by atoms with E-state index in [1.54, 1.807) is 29.6 Å². The number of esters is 1. The van der Waals surface area contributed by atoms with Gasteiger partial charge in [-0.25, -0.2) is 9.78 Å². The van der Waals surface area contributed by atoms with Crippen LogP contribution in [0.4, 0.5) is 0 Å². The quantitative estimate of drug-likeness (QED) is 0.628. The highest BCUT2D eigenvalue weighted by Gasteiger charge is 2.17. The summed E-state index contributed by atoms with van der Waals surface area (Å²) in [6.45, 7) is 6.18. The molecule has 0 aliphatic rings. The van der Waals surface area contributed by atoms with Crippen molar-refractivity contribution in [3.05, 3.63) is 40.8 Å². The molecule has 6 heteroatoms. The Hall–Kier alpha value is -1.82. The summed E-state index contributed by atoms with van der Waals surface area (Å²) in [5.74, 6) is 0.301. The first-order valence-electron chi connectivity index (χ1n) is 6.77. The Balaban J connectivity index is 2.16. The van der Waals surface area contributed by atoms with Crippen molar-refractivity contribution in [2.75, 3.05) is 6.61 Å². The Morgan fingerprint density at radius 1 is 1.38 bits per heavy atom. The topological polar surface area (TPSA) is 57.0 Å². The van der Waals surface area contributed by atoms with Crippen molar-refractivity contribution in [1.82, 2.24) is 14.8 Å². The van der Waals surface area contributed by atoms with E-state index in [1.165, 1.54) is 5.56 Å². The van der Waals surface area contributed by atoms with Crippen LogP contribution >= 0.6 is 11.8 Å². The Morgan fingerprint density at radius 2 is 2.14 bits per heavy atom. The molecule has 2 aromatic rings. The van der Waals surface area contributed by atoms with Gasteiger partial charge in [-0.05, 0) is 38.5 Å². The van der Waals surface area contributed by atoms with E-state index in [-0.39, 0.29) is 5.97 Å². The van der Waals surface area contributed by atoms with Gasteiger partial charge in [-0.15, -0.1) is 11.8 Å². The number of carbonyl (C=O) groups excluding carboxylic acids is 1. The standard InChI is InChI=1S/C15H19N3O2S/c1-5-20-15(19)12-8-16-18(4)13(12)9-21-14-7-10(2)6-11(3)17-14/h6-8H,5,9H2,1-4H3. The number of aromatic nitrogens is 3. The van der Waals surface area contributed by atoms with Crippen molar-refractivity contribution in [2.45, 2.75) is 31.6 Å². The molecule has 2 rings (SSSR count). The first kappa shape index (κ1) is 15.6. The van der Waals surface area contributed by atoms with E-state index in [9.17, 15) is 4.79 Å². The second-order valence-electron chi connectivity index (χ2n) is 4.76. The third-order valence-corrected chi connectivity index (χ3v) is 3.91. The van der Waals surface area contributed by atoms with Gasteiger partial charge >= 0.3 is 5.97 Å². The number of pyridine rings is 1. The number of nitrogens with zero attached hydrogens (tertiary/aromatic N) is 3. The van der Waals surface area contributed by atoms with E-state index < -0.39 is 0 Å². The molecule has 112 valence electrons. The summed E-state index contributed by atoms with van der Waals surface area (Å²) in [5, 5.41) is 5.10. The third kappa shape index (κ3) is 3.85. The normalized spacial score (nSPS) is 10.7. The molecule has 0 fully saturated rings. The lowest BCUT2D eigenvalue weighted by Crippen LogP contribution is -2.08. The van der Waals surface area contributed by atoms with Gasteiger partial charge in [0.15, 0.2) is 0 Å². The van der Waals surface area contributed by atoms with Crippen LogP contribution in [-0.4, -0.2) is 27.3 Å². The molecule has 0 N–H and O–H groups in total. The van der Waals surface area contributed by atoms with Gasteiger partial charge in [0.25, 0.3) is 0 Å². The van der Waals surface area contributed by atoms with Gasteiger partial charge in [0.05, 0.1) is 23.5 Å². The zero-order chi connectivity index (χ0) is 15.4. The number of thioether (sulfide) groups is 1. The highest BCUT2D eigenvalue weighted by molar-refractivity contribution is 7.98. The van der Waals surface area contributed by atoms with Crippen LogP contribution in [-0.2, 0) is 17.5 Å². The molecule has 2 aromatic heterocycles. The molecule has 0 saturated heterocycles. The lowest BCUT2D eigenvalue weighted by atomic mass is 10.2. The predicted octanol–water partition coefficient (Wildman–Crippen LogP) is 2.90. The van der Waals surface area contributed by atoms with E-state index in [2.05, 4.69) is 10.1 Å². The average Bonchev–Trinajstić information content (AvgIpc) is 2.77. The number of hydrogen-bond donors (Lipinski definition) is 0. The maximum absolute atomic E-state index is 11.9. The zero-order valence-corrected chi connectivity index (χ0v) is 13.5. The molecule has 2 heterocycles. The molecular formula is C15H19N3O2S. The van der Waals surface area contributed by atoms with Crippen LogP contribution in [0.25, 0.3) is 0 Å². The number of ether oxygens (including phenoxy) is 1. The van der Waals surface area contributed by atoms with Crippen molar-refractivity contribution >= 4 is 17.7 Å². The van der Waals surface area contributed by atoms with Gasteiger partial charge in [-0.3, -0.25) is 4.68 Å². The molecule has 5 nitrogen and oxygen atoms in total. The monoisotopic (exact) mass is 305 g/mol. The molecule has 0 radical (unpaired) electrons. The molecule has 0 aromatic carbocycles. The largest absolute Gasteiger partial charge is 0.462 e. The van der Waals surface area contributed by atoms with Gasteiger partial charge in [0.1, 0.15) is 5.56 Å². The summed E-state index contributed by atoms with van der Waals surface area (Å²) < 4.78 is 6.77. The highest BCUT2D eigenvalue weighted by atomic mass is 32.2. The summed E-state index contributed by atoms with van der Waals surface area (Å²) in [7, 11) is 1.83. The average molecular weight is 305 g/mol. The van der Waals surface area contributed by atoms with Gasteiger partial charge in [-0.2, -0.15) is 5.10 Å². The minimum Gasteiger partial charge on any atom is -0.462 e. The number of aryl methyl sites for hydroxylation is 3. The lowest BCUT2D eigenvalue weighted by molar-refractivity contribution is 0.0525. The van der Waals surface area contributed by atoms with Gasteiger partial charge < -0.3 is 4.74 Å². The summed E-state index contributed by atoms with van der Waals surface area (Å²) in [4.78, 5) is 16.4. The van der Waals surface area contributed by atoms with Crippen molar-refractivity contribution in [2.24, 2.45) is 7.05 Å². The third-order valence-electron chi connectivity index (χ3n) is 2.99. The van der Waals surface area contributed by atoms with Crippen LogP contribution in [0.5, 0.6) is 0 Å². The Morgan fingerprint density at radius 3 is 2.81 bits per heavy atom. The number of hydrogen-bond acceptors (Lipinski definition) is 5. The van der Waals surface area contributed by atoms with Crippen LogP contribution in [0.3, 0.4) is 0 Å². The van der Waals surface area contributed by atoms with Crippen LogP contribution in [0.15, 0.2) is 23.4 Å². The Labute approximate surface area is 128 Å². The molecule has 0 unspecified atom stereocenters. The number of carbonyl (C=O) groups is 1. The summed E-state index contributed by atoms with van der Waals surface area (Å²) >= 11 is 1.59. The smallest absolute Gasteiger partial charge is 0.341 e. The van der Waals surface area contributed by atoms with Crippen LogP contribution in [0.1, 0.15) is 34.2 Å². The lowest BCUT2D eigenvalue weighted by Gasteiger charge is -2.07. The molecular weight excluding hydrogens is 286 g/mol. The van der Waals surface area contributed by atoms with E-state index in [4.69, 9.17) is 4.74 Å². The van der Waals surface area contributed by atoms with Crippen LogP contribution < -0.4 is 0 Å². The maximum atomic E-state index is 11.9. The van der Waals surface area contributed by atoms with Gasteiger partial charge in [0, 0.05) is 18.5 Å². The molecule has 0 bridgehead atoms. The first-order valence-corrected chi connectivity index (χ1v) is 7.76. The fourth-order valence-electron chi connectivity index (χ4n) is 2.03. The zero-order valence-electron chi connectivity index (χ0n) is 12.7. The Bertz CT molecular complexity index is 632. The van der Waals surface area contributed by atoms with Crippen LogP contribution in [0, 0.1) is 13.8 Å². The molecule has 0 aliphatic carbocycles. The molecule has 0 aliphatic heterocycles. The van der Waals surface area contributed by atoms with E-state index in [0.29, 0.717) is 17.9 Å². The fourth-order valence-corrected chi connectivity index (χ4v) is 3.14. The maximum Gasteiger partial charge on any atom is 0.341 e. The molecule has 0 amide bonds. The molecule has 0 atom stereocenters.